The Kier molecular flexibility index (Phi) is 3.62. The summed E-state index contributed by atoms with van der Waals surface area (Å²) in [6, 6.07) is 13.2. The monoisotopic (exact) mass is 298 g/mol. The number of hydrogen-bond donors (Lipinski definition) is 2. The van der Waals surface area contributed by atoms with Crippen LogP contribution >= 0.6 is 0 Å². The van der Waals surface area contributed by atoms with Gasteiger partial charge in [-0.05, 0) is 40.8 Å². The maximum absolute atomic E-state index is 11.2. The number of aliphatic carboxylic acids is 1. The normalized spacial score (nSPS) is 19.7. The lowest BCUT2D eigenvalue weighted by Crippen LogP contribution is -2.32. The van der Waals surface area contributed by atoms with Crippen LogP contribution in [0.2, 0.25) is 0 Å². The van der Waals surface area contributed by atoms with Crippen molar-refractivity contribution in [2.45, 2.75) is 24.9 Å². The molecule has 3 rings (SSSR count). The number of ether oxygens (including phenoxy) is 1. The Morgan fingerprint density at radius 1 is 1.18 bits per heavy atom. The largest absolute Gasteiger partial charge is 0.497 e. The number of carboxylic acids is 1. The van der Waals surface area contributed by atoms with Crippen LogP contribution in [-0.2, 0) is 23.2 Å². The molecule has 1 aliphatic carbocycles. The molecule has 0 aliphatic heterocycles. The number of carboxylic acid groups (broad SMARTS) is 1. The minimum absolute atomic E-state index is 0.287. The van der Waals surface area contributed by atoms with E-state index in [9.17, 15) is 15.0 Å². The number of rotatable bonds is 3. The second-order valence-electron chi connectivity index (χ2n) is 5.75. The topological polar surface area (TPSA) is 66.8 Å². The standard InChI is InChI=1S/C18H18O4/c1-22-15-7-6-13-10-18(21,11-17(19)20)16-5-3-2-4-12(16)8-14(13)9-15/h2-7,9,21H,8,10-11H2,1H3,(H,19,20). The van der Waals surface area contributed by atoms with Crippen LogP contribution in [0.5, 0.6) is 5.75 Å². The van der Waals surface area contributed by atoms with E-state index in [2.05, 4.69) is 0 Å². The average Bonchev–Trinajstić information content (AvgIpc) is 2.60. The van der Waals surface area contributed by atoms with Crippen molar-refractivity contribution in [2.75, 3.05) is 7.11 Å². The molecule has 2 aromatic carbocycles. The minimum Gasteiger partial charge on any atom is -0.497 e. The molecule has 2 N–H and O–H groups in total. The van der Waals surface area contributed by atoms with Crippen molar-refractivity contribution in [3.63, 3.8) is 0 Å². The molecule has 22 heavy (non-hydrogen) atoms. The highest BCUT2D eigenvalue weighted by Gasteiger charge is 2.37. The second-order valence-corrected chi connectivity index (χ2v) is 5.75. The summed E-state index contributed by atoms with van der Waals surface area (Å²) in [5, 5.41) is 20.2. The van der Waals surface area contributed by atoms with Crippen LogP contribution < -0.4 is 4.74 Å². The molecule has 1 aliphatic rings. The number of carbonyl (C=O) groups is 1. The summed E-state index contributed by atoms with van der Waals surface area (Å²) < 4.78 is 5.27. The zero-order valence-electron chi connectivity index (χ0n) is 12.4. The van der Waals surface area contributed by atoms with Gasteiger partial charge < -0.3 is 14.9 Å². The van der Waals surface area contributed by atoms with Gasteiger partial charge in [-0.2, -0.15) is 0 Å². The van der Waals surface area contributed by atoms with Crippen LogP contribution in [0, 0.1) is 0 Å². The smallest absolute Gasteiger partial charge is 0.306 e. The van der Waals surface area contributed by atoms with Gasteiger partial charge in [-0.15, -0.1) is 0 Å². The van der Waals surface area contributed by atoms with Crippen LogP contribution in [0.15, 0.2) is 42.5 Å². The molecule has 2 aromatic rings. The quantitative estimate of drug-likeness (QED) is 0.913. The van der Waals surface area contributed by atoms with E-state index in [1.54, 1.807) is 7.11 Å². The Morgan fingerprint density at radius 3 is 2.68 bits per heavy atom. The molecule has 0 aromatic heterocycles. The van der Waals surface area contributed by atoms with Gasteiger partial charge in [-0.3, -0.25) is 4.79 Å². The minimum atomic E-state index is -1.39. The Balaban J connectivity index is 2.15. The second kappa shape index (κ2) is 5.46. The van der Waals surface area contributed by atoms with E-state index in [-0.39, 0.29) is 12.8 Å². The van der Waals surface area contributed by atoms with Crippen molar-refractivity contribution >= 4 is 5.97 Å². The molecule has 0 spiro atoms. The van der Waals surface area contributed by atoms with Gasteiger partial charge in [0, 0.05) is 6.42 Å². The zero-order chi connectivity index (χ0) is 15.7. The molecular formula is C18H18O4. The number of benzene rings is 2. The van der Waals surface area contributed by atoms with E-state index in [0.717, 1.165) is 22.4 Å². The maximum Gasteiger partial charge on any atom is 0.306 e. The number of aliphatic hydroxyl groups is 1. The molecule has 0 bridgehead atoms. The predicted octanol–water partition coefficient (Wildman–Crippen LogP) is 2.50. The fraction of sp³-hybridized carbons (Fsp3) is 0.278. The van der Waals surface area contributed by atoms with Crippen molar-refractivity contribution < 1.29 is 19.7 Å². The molecule has 0 radical (unpaired) electrons. The Bertz CT molecular complexity index is 723. The summed E-state index contributed by atoms with van der Waals surface area (Å²) >= 11 is 0. The lowest BCUT2D eigenvalue weighted by molar-refractivity contribution is -0.143. The Morgan fingerprint density at radius 2 is 1.95 bits per heavy atom. The molecule has 0 fully saturated rings. The molecule has 0 amide bonds. The summed E-state index contributed by atoms with van der Waals surface area (Å²) in [5.74, 6) is -0.242. The van der Waals surface area contributed by atoms with Crippen molar-refractivity contribution in [1.29, 1.82) is 0 Å². The Labute approximate surface area is 129 Å². The summed E-state index contributed by atoms with van der Waals surface area (Å²) in [4.78, 5) is 11.2. The summed E-state index contributed by atoms with van der Waals surface area (Å²) in [6.07, 6.45) is 0.635. The fourth-order valence-electron chi connectivity index (χ4n) is 3.22. The van der Waals surface area contributed by atoms with Gasteiger partial charge in [0.25, 0.3) is 0 Å². The molecule has 0 saturated carbocycles. The molecule has 4 heteroatoms. The van der Waals surface area contributed by atoms with Crippen molar-refractivity contribution in [3.8, 4) is 5.75 Å². The zero-order valence-corrected chi connectivity index (χ0v) is 12.4. The third-order valence-electron chi connectivity index (χ3n) is 4.24. The first kappa shape index (κ1) is 14.6. The first-order valence-electron chi connectivity index (χ1n) is 7.20. The average molecular weight is 298 g/mol. The highest BCUT2D eigenvalue weighted by Crippen LogP contribution is 2.38. The van der Waals surface area contributed by atoms with E-state index < -0.39 is 11.6 Å². The number of hydrogen-bond acceptors (Lipinski definition) is 3. The summed E-state index contributed by atoms with van der Waals surface area (Å²) in [7, 11) is 1.62. The van der Waals surface area contributed by atoms with Gasteiger partial charge in [0.2, 0.25) is 0 Å². The van der Waals surface area contributed by atoms with E-state index in [0.29, 0.717) is 12.0 Å². The Hall–Kier alpha value is -2.33. The third kappa shape index (κ3) is 2.57. The molecule has 0 heterocycles. The third-order valence-corrected chi connectivity index (χ3v) is 4.24. The van der Waals surface area contributed by atoms with Crippen LogP contribution in [0.3, 0.4) is 0 Å². The van der Waals surface area contributed by atoms with Crippen LogP contribution in [0.4, 0.5) is 0 Å². The predicted molar refractivity (Wildman–Crippen MR) is 82.1 cm³/mol. The van der Waals surface area contributed by atoms with Gasteiger partial charge in [0.05, 0.1) is 13.5 Å². The SMILES string of the molecule is COc1ccc2c(c1)Cc1ccccc1C(O)(CC(=O)O)C2. The van der Waals surface area contributed by atoms with Gasteiger partial charge in [-0.1, -0.05) is 30.3 Å². The van der Waals surface area contributed by atoms with E-state index >= 15 is 0 Å². The van der Waals surface area contributed by atoms with E-state index in [4.69, 9.17) is 4.74 Å². The molecule has 1 atom stereocenters. The molecule has 1 unspecified atom stereocenters. The van der Waals surface area contributed by atoms with Crippen molar-refractivity contribution in [1.82, 2.24) is 0 Å². The lowest BCUT2D eigenvalue weighted by Gasteiger charge is -2.27. The fourth-order valence-corrected chi connectivity index (χ4v) is 3.22. The lowest BCUT2D eigenvalue weighted by atomic mass is 9.84. The highest BCUT2D eigenvalue weighted by atomic mass is 16.5. The van der Waals surface area contributed by atoms with Gasteiger partial charge in [-0.25, -0.2) is 0 Å². The van der Waals surface area contributed by atoms with E-state index in [1.807, 2.05) is 42.5 Å². The van der Waals surface area contributed by atoms with E-state index in [1.165, 1.54) is 0 Å². The molecule has 4 nitrogen and oxygen atoms in total. The van der Waals surface area contributed by atoms with Gasteiger partial charge in [0.1, 0.15) is 11.4 Å². The highest BCUT2D eigenvalue weighted by molar-refractivity contribution is 5.69. The molecule has 0 saturated heterocycles. The molecule has 114 valence electrons. The molecular weight excluding hydrogens is 280 g/mol. The van der Waals surface area contributed by atoms with Crippen molar-refractivity contribution in [2.24, 2.45) is 0 Å². The van der Waals surface area contributed by atoms with Crippen LogP contribution in [0.1, 0.15) is 28.7 Å². The van der Waals surface area contributed by atoms with Gasteiger partial charge in [0.15, 0.2) is 0 Å². The van der Waals surface area contributed by atoms with Crippen LogP contribution in [-0.4, -0.2) is 23.3 Å². The number of fused-ring (bicyclic) bond motifs is 2. The maximum atomic E-state index is 11.2. The first-order valence-corrected chi connectivity index (χ1v) is 7.20. The summed E-state index contributed by atoms with van der Waals surface area (Å²) in [5.41, 5.74) is 2.29. The first-order chi connectivity index (χ1) is 10.5. The summed E-state index contributed by atoms with van der Waals surface area (Å²) in [6.45, 7) is 0. The van der Waals surface area contributed by atoms with Gasteiger partial charge >= 0.3 is 5.97 Å². The van der Waals surface area contributed by atoms with Crippen molar-refractivity contribution in [3.05, 3.63) is 64.7 Å². The number of methoxy groups -OCH3 is 1. The van der Waals surface area contributed by atoms with Crippen LogP contribution in [0.25, 0.3) is 0 Å².